The van der Waals surface area contributed by atoms with E-state index in [-0.39, 0.29) is 11.9 Å². The fourth-order valence-electron chi connectivity index (χ4n) is 3.66. The third-order valence-electron chi connectivity index (χ3n) is 5.07. The first kappa shape index (κ1) is 15.3. The maximum Gasteiger partial charge on any atom is 0.239 e. The fraction of sp³-hybridized carbons (Fsp3) is 0.368. The second-order valence-electron chi connectivity index (χ2n) is 7.16. The van der Waals surface area contributed by atoms with Crippen LogP contribution < -0.4 is 10.2 Å². The number of piperazine rings is 1. The van der Waals surface area contributed by atoms with Crippen molar-refractivity contribution in [2.45, 2.75) is 31.2 Å². The number of carbonyl (C=O) groups excluding carboxylic acids is 1. The smallest absolute Gasteiger partial charge is 0.239 e. The molecule has 0 spiro atoms. The molecule has 1 atom stereocenters. The lowest BCUT2D eigenvalue weighted by molar-refractivity contribution is -0.121. The first-order chi connectivity index (χ1) is 12.8. The van der Waals surface area contributed by atoms with Crippen LogP contribution in [-0.2, 0) is 11.2 Å². The number of rotatable bonds is 4. The van der Waals surface area contributed by atoms with Gasteiger partial charge < -0.3 is 10.2 Å². The predicted octanol–water partition coefficient (Wildman–Crippen LogP) is 1.55. The molecule has 2 aromatic heterocycles. The van der Waals surface area contributed by atoms with Gasteiger partial charge in [-0.25, -0.2) is 0 Å². The zero-order chi connectivity index (χ0) is 17.5. The highest BCUT2D eigenvalue weighted by molar-refractivity contribution is 5.85. The maximum atomic E-state index is 12.3. The second-order valence-corrected chi connectivity index (χ2v) is 7.16. The van der Waals surface area contributed by atoms with Crippen molar-refractivity contribution in [3.63, 3.8) is 0 Å². The molecule has 0 radical (unpaired) electrons. The molecule has 1 aromatic carbocycles. The standard InChI is InChI=1S/C19H20N6O/c26-18-11-24(10-15(21-18)8-13-4-2-1-3-5-13)17-9-16(14-6-7-14)23-25-12-20-22-19(17)25/h1-5,9,12,14-15H,6-8,10-11H2,(H,21,26)/t15-/m0/s1. The van der Waals surface area contributed by atoms with Crippen LogP contribution in [0.2, 0.25) is 0 Å². The molecular weight excluding hydrogens is 328 g/mol. The van der Waals surface area contributed by atoms with E-state index in [1.54, 1.807) is 10.8 Å². The molecule has 1 saturated carbocycles. The summed E-state index contributed by atoms with van der Waals surface area (Å²) < 4.78 is 1.74. The van der Waals surface area contributed by atoms with Gasteiger partial charge in [0.1, 0.15) is 6.33 Å². The summed E-state index contributed by atoms with van der Waals surface area (Å²) in [6.45, 7) is 1.08. The molecular formula is C19H20N6O. The third kappa shape index (κ3) is 2.89. The van der Waals surface area contributed by atoms with Gasteiger partial charge in [-0.15, -0.1) is 10.2 Å². The summed E-state index contributed by atoms with van der Waals surface area (Å²) in [6.07, 6.45) is 4.80. The van der Waals surface area contributed by atoms with Gasteiger partial charge in [-0.05, 0) is 30.9 Å². The zero-order valence-electron chi connectivity index (χ0n) is 14.4. The predicted molar refractivity (Wildman–Crippen MR) is 97.0 cm³/mol. The van der Waals surface area contributed by atoms with Crippen molar-refractivity contribution in [2.75, 3.05) is 18.0 Å². The molecule has 132 valence electrons. The molecule has 1 aliphatic carbocycles. The van der Waals surface area contributed by atoms with Gasteiger partial charge >= 0.3 is 0 Å². The molecule has 1 saturated heterocycles. The molecule has 7 heteroatoms. The van der Waals surface area contributed by atoms with Crippen LogP contribution in [0.25, 0.3) is 5.65 Å². The van der Waals surface area contributed by atoms with Gasteiger partial charge in [0.15, 0.2) is 0 Å². The number of nitrogens with one attached hydrogen (secondary N) is 1. The summed E-state index contributed by atoms with van der Waals surface area (Å²) in [7, 11) is 0. The van der Waals surface area contributed by atoms with Crippen molar-refractivity contribution in [3.05, 3.63) is 54.0 Å². The van der Waals surface area contributed by atoms with Crippen molar-refractivity contribution in [1.82, 2.24) is 25.1 Å². The van der Waals surface area contributed by atoms with Crippen LogP contribution >= 0.6 is 0 Å². The van der Waals surface area contributed by atoms with Crippen LogP contribution in [-0.4, -0.2) is 44.8 Å². The highest BCUT2D eigenvalue weighted by Crippen LogP contribution is 2.40. The van der Waals surface area contributed by atoms with Gasteiger partial charge in [0.25, 0.3) is 0 Å². The topological polar surface area (TPSA) is 75.4 Å². The van der Waals surface area contributed by atoms with Crippen LogP contribution in [0.4, 0.5) is 5.69 Å². The highest BCUT2D eigenvalue weighted by atomic mass is 16.2. The van der Waals surface area contributed by atoms with Crippen LogP contribution in [0.3, 0.4) is 0 Å². The molecule has 1 N–H and O–H groups in total. The molecule has 5 rings (SSSR count). The minimum absolute atomic E-state index is 0.0413. The molecule has 1 aliphatic heterocycles. The molecule has 2 fully saturated rings. The third-order valence-corrected chi connectivity index (χ3v) is 5.07. The number of amides is 1. The number of benzene rings is 1. The normalized spacial score (nSPS) is 20.4. The summed E-state index contributed by atoms with van der Waals surface area (Å²) in [5.41, 5.74) is 3.95. The number of aromatic nitrogens is 4. The minimum atomic E-state index is 0.0413. The number of nitrogens with zero attached hydrogens (tertiary/aromatic N) is 5. The van der Waals surface area contributed by atoms with E-state index in [2.05, 4.69) is 43.7 Å². The molecule has 0 unspecified atom stereocenters. The Morgan fingerprint density at radius 2 is 2.04 bits per heavy atom. The molecule has 3 heterocycles. The molecule has 7 nitrogen and oxygen atoms in total. The molecule has 3 aromatic rings. The number of carbonyl (C=O) groups is 1. The highest BCUT2D eigenvalue weighted by Gasteiger charge is 2.30. The van der Waals surface area contributed by atoms with E-state index < -0.39 is 0 Å². The summed E-state index contributed by atoms with van der Waals surface area (Å²) >= 11 is 0. The Hall–Kier alpha value is -2.96. The number of fused-ring (bicyclic) bond motifs is 1. The Morgan fingerprint density at radius 1 is 1.19 bits per heavy atom. The Kier molecular flexibility index (Phi) is 3.58. The molecule has 2 aliphatic rings. The Bertz CT molecular complexity index is 949. The lowest BCUT2D eigenvalue weighted by atomic mass is 10.0. The molecule has 26 heavy (non-hydrogen) atoms. The SMILES string of the molecule is O=C1CN(c2cc(C3CC3)nn3cnnc23)C[C@H](Cc2ccccc2)N1. The lowest BCUT2D eigenvalue weighted by Gasteiger charge is -2.34. The van der Waals surface area contributed by atoms with Crippen molar-refractivity contribution in [3.8, 4) is 0 Å². The Morgan fingerprint density at radius 3 is 2.85 bits per heavy atom. The van der Waals surface area contributed by atoms with Gasteiger partial charge in [0.05, 0.1) is 24.0 Å². The van der Waals surface area contributed by atoms with E-state index in [1.807, 2.05) is 18.2 Å². The number of hydrogen-bond donors (Lipinski definition) is 1. The van der Waals surface area contributed by atoms with Crippen molar-refractivity contribution in [1.29, 1.82) is 0 Å². The number of hydrogen-bond acceptors (Lipinski definition) is 5. The van der Waals surface area contributed by atoms with Crippen LogP contribution in [0.15, 0.2) is 42.7 Å². The first-order valence-corrected chi connectivity index (χ1v) is 9.05. The van der Waals surface area contributed by atoms with Gasteiger partial charge in [-0.3, -0.25) is 4.79 Å². The van der Waals surface area contributed by atoms with Crippen LogP contribution in [0.1, 0.15) is 30.0 Å². The van der Waals surface area contributed by atoms with E-state index >= 15 is 0 Å². The van der Waals surface area contributed by atoms with Gasteiger partial charge in [-0.2, -0.15) is 9.61 Å². The summed E-state index contributed by atoms with van der Waals surface area (Å²) in [6, 6.07) is 12.4. The van der Waals surface area contributed by atoms with Gasteiger partial charge in [0, 0.05) is 12.5 Å². The molecule has 1 amide bonds. The van der Waals surface area contributed by atoms with Crippen molar-refractivity contribution >= 4 is 17.2 Å². The van der Waals surface area contributed by atoms with E-state index in [0.29, 0.717) is 18.1 Å². The molecule has 0 bridgehead atoms. The maximum absolute atomic E-state index is 12.3. The quantitative estimate of drug-likeness (QED) is 0.774. The second kappa shape index (κ2) is 6.09. The first-order valence-electron chi connectivity index (χ1n) is 9.05. The minimum Gasteiger partial charge on any atom is -0.357 e. The summed E-state index contributed by atoms with van der Waals surface area (Å²) in [4.78, 5) is 14.5. The van der Waals surface area contributed by atoms with E-state index in [1.165, 1.54) is 18.4 Å². The fourth-order valence-corrected chi connectivity index (χ4v) is 3.66. The average molecular weight is 348 g/mol. The van der Waals surface area contributed by atoms with Crippen molar-refractivity contribution in [2.24, 2.45) is 0 Å². The largest absolute Gasteiger partial charge is 0.357 e. The lowest BCUT2D eigenvalue weighted by Crippen LogP contribution is -2.55. The Balaban J connectivity index is 1.46. The van der Waals surface area contributed by atoms with E-state index in [0.717, 1.165) is 24.3 Å². The summed E-state index contributed by atoms with van der Waals surface area (Å²) in [5, 5.41) is 16.0. The zero-order valence-corrected chi connectivity index (χ0v) is 14.4. The van der Waals surface area contributed by atoms with Crippen LogP contribution in [0.5, 0.6) is 0 Å². The van der Waals surface area contributed by atoms with E-state index in [9.17, 15) is 4.79 Å². The Labute approximate surface area is 151 Å². The monoisotopic (exact) mass is 348 g/mol. The van der Waals surface area contributed by atoms with Gasteiger partial charge in [0.2, 0.25) is 11.6 Å². The van der Waals surface area contributed by atoms with Crippen LogP contribution in [0, 0.1) is 0 Å². The number of anilines is 1. The van der Waals surface area contributed by atoms with Gasteiger partial charge in [-0.1, -0.05) is 30.3 Å². The van der Waals surface area contributed by atoms with Crippen molar-refractivity contribution < 1.29 is 4.79 Å². The van der Waals surface area contributed by atoms with E-state index in [4.69, 9.17) is 0 Å². The summed E-state index contributed by atoms with van der Waals surface area (Å²) in [5.74, 6) is 0.568. The average Bonchev–Trinajstić information content (AvgIpc) is 3.39.